The van der Waals surface area contributed by atoms with Gasteiger partial charge in [-0.25, -0.2) is 0 Å². The van der Waals surface area contributed by atoms with E-state index in [0.29, 0.717) is 0 Å². The third-order valence-electron chi connectivity index (χ3n) is 1.77. The molecule has 2 rings (SSSR count). The Morgan fingerprint density at radius 2 is 1.33 bits per heavy atom. The van der Waals surface area contributed by atoms with E-state index in [2.05, 4.69) is 30.8 Å². The fraction of sp³-hybridized carbons (Fsp3) is 0.167. The summed E-state index contributed by atoms with van der Waals surface area (Å²) >= 11 is 4.35. The standard InChI is InChI=1S/C10H8S.C2H6.2H2O/c11-10-7-3-5-8-4-1-2-6-9(8)10;1-2;;/h1-7,11H;1-2H3;2*1H2. The van der Waals surface area contributed by atoms with Gasteiger partial charge < -0.3 is 11.0 Å². The van der Waals surface area contributed by atoms with Crippen molar-refractivity contribution < 1.29 is 11.0 Å². The number of thiol groups is 1. The second-order valence-electron chi connectivity index (χ2n) is 2.50. The highest BCUT2D eigenvalue weighted by atomic mass is 32.1. The molecule has 0 saturated heterocycles. The van der Waals surface area contributed by atoms with Gasteiger partial charge in [0, 0.05) is 4.90 Å². The van der Waals surface area contributed by atoms with Crippen LogP contribution in [0.5, 0.6) is 0 Å². The quantitative estimate of drug-likeness (QED) is 0.671. The van der Waals surface area contributed by atoms with Crippen molar-refractivity contribution in [1.82, 2.24) is 0 Å². The normalized spacial score (nSPS) is 7.93. The van der Waals surface area contributed by atoms with Gasteiger partial charge in [-0.05, 0) is 16.8 Å². The lowest BCUT2D eigenvalue weighted by Crippen LogP contribution is -1.71. The molecule has 0 aromatic heterocycles. The second kappa shape index (κ2) is 8.29. The second-order valence-corrected chi connectivity index (χ2v) is 2.98. The van der Waals surface area contributed by atoms with Crippen molar-refractivity contribution in [3.05, 3.63) is 42.5 Å². The van der Waals surface area contributed by atoms with E-state index >= 15 is 0 Å². The van der Waals surface area contributed by atoms with Crippen molar-refractivity contribution in [1.29, 1.82) is 0 Å². The number of hydrogen-bond donors (Lipinski definition) is 1. The molecule has 0 atom stereocenters. The molecule has 0 fully saturated rings. The zero-order chi connectivity index (χ0) is 9.68. The highest BCUT2D eigenvalue weighted by Gasteiger charge is 1.92. The average Bonchev–Trinajstić information content (AvgIpc) is 2.22. The van der Waals surface area contributed by atoms with Crippen LogP contribution >= 0.6 is 12.6 Å². The molecule has 0 heterocycles. The molecular weight excluding hydrogens is 208 g/mol. The first-order valence-corrected chi connectivity index (χ1v) is 4.99. The molecule has 0 aliphatic carbocycles. The fourth-order valence-electron chi connectivity index (χ4n) is 1.21. The number of benzene rings is 2. The van der Waals surface area contributed by atoms with E-state index in [-0.39, 0.29) is 11.0 Å². The summed E-state index contributed by atoms with van der Waals surface area (Å²) in [4.78, 5) is 1.04. The SMILES string of the molecule is CC.O.O.Sc1cccc2ccccc12. The molecule has 3 heteroatoms. The van der Waals surface area contributed by atoms with Crippen LogP contribution in [-0.2, 0) is 0 Å². The molecule has 0 amide bonds. The molecule has 0 bridgehead atoms. The monoisotopic (exact) mass is 226 g/mol. The predicted molar refractivity (Wildman–Crippen MR) is 69.8 cm³/mol. The molecule has 0 saturated carbocycles. The van der Waals surface area contributed by atoms with Gasteiger partial charge in [-0.2, -0.15) is 0 Å². The molecule has 2 nitrogen and oxygen atoms in total. The van der Waals surface area contributed by atoms with E-state index in [1.165, 1.54) is 10.8 Å². The Bertz CT molecular complexity index is 383. The van der Waals surface area contributed by atoms with Crippen molar-refractivity contribution in [3.63, 3.8) is 0 Å². The molecular formula is C12H18O2S. The van der Waals surface area contributed by atoms with Crippen LogP contribution in [0.25, 0.3) is 10.8 Å². The minimum atomic E-state index is 0. The van der Waals surface area contributed by atoms with Crippen LogP contribution in [0, 0.1) is 0 Å². The highest BCUT2D eigenvalue weighted by Crippen LogP contribution is 2.20. The van der Waals surface area contributed by atoms with E-state index in [1.54, 1.807) is 0 Å². The minimum absolute atomic E-state index is 0. The molecule has 2 aromatic rings. The van der Waals surface area contributed by atoms with Crippen LogP contribution in [0.15, 0.2) is 47.4 Å². The Morgan fingerprint density at radius 1 is 0.800 bits per heavy atom. The lowest BCUT2D eigenvalue weighted by molar-refractivity contribution is 0.823. The van der Waals surface area contributed by atoms with Gasteiger partial charge in [0.25, 0.3) is 0 Å². The first kappa shape index (κ1) is 16.4. The van der Waals surface area contributed by atoms with Crippen molar-refractivity contribution in [2.24, 2.45) is 0 Å². The van der Waals surface area contributed by atoms with Gasteiger partial charge in [0.05, 0.1) is 0 Å². The summed E-state index contributed by atoms with van der Waals surface area (Å²) < 4.78 is 0. The Kier molecular flexibility index (Phi) is 9.07. The lowest BCUT2D eigenvalue weighted by Gasteiger charge is -1.98. The van der Waals surface area contributed by atoms with Crippen LogP contribution in [0.2, 0.25) is 0 Å². The molecule has 15 heavy (non-hydrogen) atoms. The molecule has 0 unspecified atom stereocenters. The van der Waals surface area contributed by atoms with Crippen molar-refractivity contribution >= 4 is 23.4 Å². The molecule has 84 valence electrons. The Balaban J connectivity index is 0. The number of rotatable bonds is 0. The van der Waals surface area contributed by atoms with Crippen LogP contribution in [0.4, 0.5) is 0 Å². The highest BCUT2D eigenvalue weighted by molar-refractivity contribution is 7.80. The largest absolute Gasteiger partial charge is 0.412 e. The topological polar surface area (TPSA) is 63.0 Å². The van der Waals surface area contributed by atoms with E-state index in [4.69, 9.17) is 0 Å². The summed E-state index contributed by atoms with van der Waals surface area (Å²) in [5.74, 6) is 0. The number of fused-ring (bicyclic) bond motifs is 1. The third-order valence-corrected chi connectivity index (χ3v) is 2.16. The zero-order valence-electron chi connectivity index (χ0n) is 8.99. The van der Waals surface area contributed by atoms with Gasteiger partial charge in [0.2, 0.25) is 0 Å². The van der Waals surface area contributed by atoms with Crippen LogP contribution in [0.3, 0.4) is 0 Å². The van der Waals surface area contributed by atoms with Gasteiger partial charge >= 0.3 is 0 Å². The summed E-state index contributed by atoms with van der Waals surface area (Å²) in [6.07, 6.45) is 0. The van der Waals surface area contributed by atoms with Crippen LogP contribution in [0.1, 0.15) is 13.8 Å². The Morgan fingerprint density at radius 3 is 1.93 bits per heavy atom. The molecule has 0 spiro atoms. The summed E-state index contributed by atoms with van der Waals surface area (Å²) in [5, 5.41) is 2.47. The summed E-state index contributed by atoms with van der Waals surface area (Å²) in [7, 11) is 0. The lowest BCUT2D eigenvalue weighted by atomic mass is 10.1. The van der Waals surface area contributed by atoms with E-state index in [1.807, 2.05) is 38.1 Å². The van der Waals surface area contributed by atoms with Gasteiger partial charge in [-0.1, -0.05) is 50.2 Å². The summed E-state index contributed by atoms with van der Waals surface area (Å²) in [6.45, 7) is 4.00. The van der Waals surface area contributed by atoms with Crippen molar-refractivity contribution in [2.75, 3.05) is 0 Å². The van der Waals surface area contributed by atoms with Gasteiger partial charge in [0.1, 0.15) is 0 Å². The van der Waals surface area contributed by atoms with E-state index < -0.39 is 0 Å². The Hall–Kier alpha value is -1.03. The molecule has 0 aliphatic rings. The zero-order valence-corrected chi connectivity index (χ0v) is 9.88. The molecule has 0 radical (unpaired) electrons. The van der Waals surface area contributed by atoms with Gasteiger partial charge in [0.15, 0.2) is 0 Å². The Labute approximate surface area is 96.0 Å². The molecule has 0 aliphatic heterocycles. The third kappa shape index (κ3) is 3.91. The van der Waals surface area contributed by atoms with Crippen LogP contribution < -0.4 is 0 Å². The maximum Gasteiger partial charge on any atom is 0.0119 e. The van der Waals surface area contributed by atoms with Crippen molar-refractivity contribution in [3.8, 4) is 0 Å². The maximum absolute atomic E-state index is 4.35. The summed E-state index contributed by atoms with van der Waals surface area (Å²) in [5.41, 5.74) is 0. The first-order chi connectivity index (χ1) is 6.38. The van der Waals surface area contributed by atoms with Gasteiger partial charge in [-0.15, -0.1) is 12.6 Å². The van der Waals surface area contributed by atoms with Gasteiger partial charge in [-0.3, -0.25) is 0 Å². The fourth-order valence-corrected chi connectivity index (χ4v) is 1.50. The molecule has 2 aromatic carbocycles. The van der Waals surface area contributed by atoms with Crippen LogP contribution in [-0.4, -0.2) is 11.0 Å². The average molecular weight is 226 g/mol. The predicted octanol–water partition coefficient (Wildman–Crippen LogP) is 2.51. The van der Waals surface area contributed by atoms with E-state index in [9.17, 15) is 0 Å². The first-order valence-electron chi connectivity index (χ1n) is 4.54. The minimum Gasteiger partial charge on any atom is -0.412 e. The maximum atomic E-state index is 4.35. The van der Waals surface area contributed by atoms with Crippen molar-refractivity contribution in [2.45, 2.75) is 18.7 Å². The van der Waals surface area contributed by atoms with E-state index in [0.717, 1.165) is 4.90 Å². The smallest absolute Gasteiger partial charge is 0.0119 e. The number of hydrogen-bond acceptors (Lipinski definition) is 1. The summed E-state index contributed by atoms with van der Waals surface area (Å²) in [6, 6.07) is 14.4. The molecule has 4 N–H and O–H groups in total.